The molecule has 1 aliphatic heterocycles. The zero-order chi connectivity index (χ0) is 14.2. The van der Waals surface area contributed by atoms with E-state index in [1.807, 2.05) is 0 Å². The molecular weight excluding hydrogens is 250 g/mol. The van der Waals surface area contributed by atoms with E-state index in [-0.39, 0.29) is 0 Å². The highest BCUT2D eigenvalue weighted by Gasteiger charge is 2.19. The summed E-state index contributed by atoms with van der Waals surface area (Å²) in [6.45, 7) is 8.31. The van der Waals surface area contributed by atoms with E-state index >= 15 is 0 Å². The fourth-order valence-corrected chi connectivity index (χ4v) is 2.75. The minimum Gasteiger partial charge on any atom is -0.383 e. The van der Waals surface area contributed by atoms with Crippen LogP contribution in [0.25, 0.3) is 0 Å². The number of hydrogen-bond acceptors (Lipinski definition) is 4. The summed E-state index contributed by atoms with van der Waals surface area (Å²) in [4.78, 5) is 7.11. The topological polar surface area (TPSA) is 37.4 Å². The Balaban J connectivity index is 1.66. The zero-order valence-corrected chi connectivity index (χ0v) is 12.8. The normalized spacial score (nSPS) is 17.5. The lowest BCUT2D eigenvalue weighted by Crippen LogP contribution is -2.37. The molecule has 0 atom stereocenters. The van der Waals surface area contributed by atoms with Gasteiger partial charge < -0.3 is 10.1 Å². The highest BCUT2D eigenvalue weighted by atomic mass is 16.5. The Bertz CT molecular complexity index is 389. The van der Waals surface area contributed by atoms with Crippen molar-refractivity contribution in [2.24, 2.45) is 5.92 Å². The van der Waals surface area contributed by atoms with E-state index in [2.05, 4.69) is 40.3 Å². The van der Waals surface area contributed by atoms with Crippen LogP contribution in [0, 0.1) is 12.8 Å². The van der Waals surface area contributed by atoms with Gasteiger partial charge in [0.15, 0.2) is 0 Å². The summed E-state index contributed by atoms with van der Waals surface area (Å²) in [5.41, 5.74) is 2.31. The summed E-state index contributed by atoms with van der Waals surface area (Å²) >= 11 is 0. The van der Waals surface area contributed by atoms with Gasteiger partial charge in [-0.1, -0.05) is 6.07 Å². The molecule has 0 aromatic carbocycles. The second-order valence-electron chi connectivity index (χ2n) is 5.69. The summed E-state index contributed by atoms with van der Waals surface area (Å²) in [6.07, 6.45) is 2.57. The zero-order valence-electron chi connectivity index (χ0n) is 12.8. The highest BCUT2D eigenvalue weighted by molar-refractivity contribution is 5.09. The lowest BCUT2D eigenvalue weighted by molar-refractivity contribution is 0.167. The third-order valence-corrected chi connectivity index (χ3v) is 3.95. The minimum atomic E-state index is 0.803. The molecular formula is C16H27N3O. The number of methoxy groups -OCH3 is 1. The van der Waals surface area contributed by atoms with Gasteiger partial charge in [0.25, 0.3) is 0 Å². The van der Waals surface area contributed by atoms with E-state index in [0.29, 0.717) is 0 Å². The van der Waals surface area contributed by atoms with Crippen LogP contribution in [0.3, 0.4) is 0 Å². The number of piperidine rings is 1. The SMILES string of the molecule is COCCNCC1CCN(Cc2cccc(C)n2)CC1. The molecule has 1 aromatic heterocycles. The highest BCUT2D eigenvalue weighted by Crippen LogP contribution is 2.17. The molecule has 2 heterocycles. The molecule has 1 aromatic rings. The molecule has 0 amide bonds. The number of aryl methyl sites for hydroxylation is 1. The lowest BCUT2D eigenvalue weighted by atomic mass is 9.96. The fourth-order valence-electron chi connectivity index (χ4n) is 2.75. The van der Waals surface area contributed by atoms with Gasteiger partial charge in [-0.3, -0.25) is 9.88 Å². The Morgan fingerprint density at radius 1 is 1.35 bits per heavy atom. The van der Waals surface area contributed by atoms with Gasteiger partial charge in [0.2, 0.25) is 0 Å². The molecule has 20 heavy (non-hydrogen) atoms. The van der Waals surface area contributed by atoms with Gasteiger partial charge >= 0.3 is 0 Å². The predicted molar refractivity (Wildman–Crippen MR) is 81.7 cm³/mol. The molecule has 1 saturated heterocycles. The van der Waals surface area contributed by atoms with Crippen LogP contribution in [0.15, 0.2) is 18.2 Å². The van der Waals surface area contributed by atoms with Crippen molar-refractivity contribution in [2.45, 2.75) is 26.3 Å². The van der Waals surface area contributed by atoms with Gasteiger partial charge in [-0.05, 0) is 57.5 Å². The van der Waals surface area contributed by atoms with Crippen molar-refractivity contribution in [3.63, 3.8) is 0 Å². The third kappa shape index (κ3) is 5.19. The van der Waals surface area contributed by atoms with E-state index in [1.54, 1.807) is 7.11 Å². The number of pyridine rings is 1. The number of rotatable bonds is 7. The predicted octanol–water partition coefficient (Wildman–Crippen LogP) is 1.84. The average Bonchev–Trinajstić information content (AvgIpc) is 2.45. The van der Waals surface area contributed by atoms with E-state index in [0.717, 1.165) is 37.9 Å². The van der Waals surface area contributed by atoms with E-state index in [1.165, 1.54) is 31.6 Å². The van der Waals surface area contributed by atoms with Crippen molar-refractivity contribution >= 4 is 0 Å². The number of aromatic nitrogens is 1. The molecule has 112 valence electrons. The van der Waals surface area contributed by atoms with Crippen LogP contribution in [-0.2, 0) is 11.3 Å². The van der Waals surface area contributed by atoms with E-state index < -0.39 is 0 Å². The van der Waals surface area contributed by atoms with Crippen LogP contribution in [0.2, 0.25) is 0 Å². The maximum Gasteiger partial charge on any atom is 0.0587 e. The standard InChI is InChI=1S/C16H27N3O/c1-14-4-3-5-16(18-14)13-19-9-6-15(7-10-19)12-17-8-11-20-2/h3-5,15,17H,6-13H2,1-2H3. The maximum atomic E-state index is 5.05. The maximum absolute atomic E-state index is 5.05. The second-order valence-corrected chi connectivity index (χ2v) is 5.69. The average molecular weight is 277 g/mol. The molecule has 4 heteroatoms. The van der Waals surface area contributed by atoms with Crippen molar-refractivity contribution in [2.75, 3.05) is 39.9 Å². The molecule has 0 aliphatic carbocycles. The van der Waals surface area contributed by atoms with Crippen LogP contribution in [-0.4, -0.2) is 49.8 Å². The minimum absolute atomic E-state index is 0.803. The van der Waals surface area contributed by atoms with Gasteiger partial charge in [-0.15, -0.1) is 0 Å². The summed E-state index contributed by atoms with van der Waals surface area (Å²) in [6, 6.07) is 6.29. The molecule has 1 aliphatic rings. The molecule has 1 N–H and O–H groups in total. The summed E-state index contributed by atoms with van der Waals surface area (Å²) in [7, 11) is 1.75. The Morgan fingerprint density at radius 2 is 2.15 bits per heavy atom. The molecule has 0 unspecified atom stereocenters. The van der Waals surface area contributed by atoms with Gasteiger partial charge in [0.1, 0.15) is 0 Å². The Morgan fingerprint density at radius 3 is 2.85 bits per heavy atom. The van der Waals surface area contributed by atoms with E-state index in [4.69, 9.17) is 4.74 Å². The first-order valence-corrected chi connectivity index (χ1v) is 7.62. The van der Waals surface area contributed by atoms with Crippen LogP contribution in [0.4, 0.5) is 0 Å². The van der Waals surface area contributed by atoms with Crippen molar-refractivity contribution < 1.29 is 4.74 Å². The lowest BCUT2D eigenvalue weighted by Gasteiger charge is -2.31. The number of nitrogens with one attached hydrogen (secondary N) is 1. The van der Waals surface area contributed by atoms with Crippen LogP contribution in [0.1, 0.15) is 24.2 Å². The Hall–Kier alpha value is -0.970. The first-order chi connectivity index (χ1) is 9.78. The van der Waals surface area contributed by atoms with Crippen molar-refractivity contribution in [1.29, 1.82) is 0 Å². The first-order valence-electron chi connectivity index (χ1n) is 7.62. The van der Waals surface area contributed by atoms with Crippen molar-refractivity contribution in [3.05, 3.63) is 29.6 Å². The quantitative estimate of drug-likeness (QED) is 0.772. The van der Waals surface area contributed by atoms with Crippen LogP contribution >= 0.6 is 0 Å². The van der Waals surface area contributed by atoms with Crippen molar-refractivity contribution in [3.8, 4) is 0 Å². The van der Waals surface area contributed by atoms with E-state index in [9.17, 15) is 0 Å². The molecule has 2 rings (SSSR count). The Kier molecular flexibility index (Phi) is 6.43. The number of nitrogens with zero attached hydrogens (tertiary/aromatic N) is 2. The molecule has 0 radical (unpaired) electrons. The largest absolute Gasteiger partial charge is 0.383 e. The van der Waals surface area contributed by atoms with Crippen LogP contribution in [0.5, 0.6) is 0 Å². The number of ether oxygens (including phenoxy) is 1. The van der Waals surface area contributed by atoms with Crippen LogP contribution < -0.4 is 5.32 Å². The molecule has 4 nitrogen and oxygen atoms in total. The summed E-state index contributed by atoms with van der Waals surface area (Å²) in [5, 5.41) is 3.47. The van der Waals surface area contributed by atoms with Gasteiger partial charge in [0.05, 0.1) is 12.3 Å². The second kappa shape index (κ2) is 8.35. The van der Waals surface area contributed by atoms with Gasteiger partial charge in [0, 0.05) is 25.9 Å². The third-order valence-electron chi connectivity index (χ3n) is 3.95. The molecule has 0 bridgehead atoms. The molecule has 1 fully saturated rings. The first kappa shape index (κ1) is 15.4. The Labute approximate surface area is 122 Å². The number of hydrogen-bond donors (Lipinski definition) is 1. The molecule has 0 spiro atoms. The smallest absolute Gasteiger partial charge is 0.0587 e. The monoisotopic (exact) mass is 277 g/mol. The van der Waals surface area contributed by atoms with Gasteiger partial charge in [-0.2, -0.15) is 0 Å². The summed E-state index contributed by atoms with van der Waals surface area (Å²) < 4.78 is 5.05. The number of likely N-dealkylation sites (tertiary alicyclic amines) is 1. The molecule has 0 saturated carbocycles. The van der Waals surface area contributed by atoms with Crippen molar-refractivity contribution in [1.82, 2.24) is 15.2 Å². The fraction of sp³-hybridized carbons (Fsp3) is 0.688. The summed E-state index contributed by atoms with van der Waals surface area (Å²) in [5.74, 6) is 0.813. The van der Waals surface area contributed by atoms with Gasteiger partial charge in [-0.25, -0.2) is 0 Å².